The molecular formula is C24H25N3O4. The molecular weight excluding hydrogens is 394 g/mol. The summed E-state index contributed by atoms with van der Waals surface area (Å²) in [6.45, 7) is 5.82. The van der Waals surface area contributed by atoms with E-state index in [2.05, 4.69) is 15.8 Å². The fourth-order valence-corrected chi connectivity index (χ4v) is 2.90. The van der Waals surface area contributed by atoms with Crippen LogP contribution < -0.4 is 20.3 Å². The number of ether oxygens (including phenoxy) is 2. The first-order chi connectivity index (χ1) is 15.0. The second kappa shape index (κ2) is 10.2. The van der Waals surface area contributed by atoms with Crippen molar-refractivity contribution < 1.29 is 19.1 Å². The van der Waals surface area contributed by atoms with Gasteiger partial charge in [-0.2, -0.15) is 0 Å². The maximum Gasteiger partial charge on any atom is 0.279 e. The lowest BCUT2D eigenvalue weighted by Gasteiger charge is -2.16. The van der Waals surface area contributed by atoms with Gasteiger partial charge in [-0.25, -0.2) is 0 Å². The first-order valence-electron chi connectivity index (χ1n) is 10.0. The Balaban J connectivity index is 1.55. The Morgan fingerprint density at radius 1 is 0.935 bits per heavy atom. The topological polar surface area (TPSA) is 89.5 Å². The number of aryl methyl sites for hydroxylation is 1. The second-order valence-electron chi connectivity index (χ2n) is 6.80. The van der Waals surface area contributed by atoms with Gasteiger partial charge in [-0.05, 0) is 57.2 Å². The molecule has 3 rings (SSSR count). The van der Waals surface area contributed by atoms with E-state index in [4.69, 9.17) is 9.47 Å². The van der Waals surface area contributed by atoms with E-state index in [9.17, 15) is 9.59 Å². The predicted molar refractivity (Wildman–Crippen MR) is 118 cm³/mol. The number of hydrogen-bond donors (Lipinski definition) is 2. The summed E-state index contributed by atoms with van der Waals surface area (Å²) in [5.41, 5.74) is 7.48. The van der Waals surface area contributed by atoms with Crippen molar-refractivity contribution in [2.75, 3.05) is 6.61 Å². The molecule has 0 saturated carbocycles. The van der Waals surface area contributed by atoms with Gasteiger partial charge in [0.05, 0.1) is 23.6 Å². The molecule has 1 atom stereocenters. The summed E-state index contributed by atoms with van der Waals surface area (Å²) in [4.78, 5) is 29.3. The number of benzene rings is 2. The molecule has 0 aliphatic heterocycles. The number of aromatic nitrogens is 1. The lowest BCUT2D eigenvalue weighted by atomic mass is 10.1. The summed E-state index contributed by atoms with van der Waals surface area (Å²) in [5, 5.41) is 0. The fraction of sp³-hybridized carbons (Fsp3) is 0.208. The summed E-state index contributed by atoms with van der Waals surface area (Å²) in [6, 6.07) is 20.1. The van der Waals surface area contributed by atoms with E-state index in [0.29, 0.717) is 23.6 Å². The number of pyridine rings is 1. The fourth-order valence-electron chi connectivity index (χ4n) is 2.90. The number of rotatable bonds is 7. The molecule has 7 nitrogen and oxygen atoms in total. The van der Waals surface area contributed by atoms with Crippen molar-refractivity contribution in [2.45, 2.75) is 26.9 Å². The number of carbonyl (C=O) groups excluding carboxylic acids is 2. The van der Waals surface area contributed by atoms with Crippen LogP contribution in [0.3, 0.4) is 0 Å². The van der Waals surface area contributed by atoms with Crippen molar-refractivity contribution in [2.24, 2.45) is 0 Å². The van der Waals surface area contributed by atoms with Crippen molar-refractivity contribution in [3.63, 3.8) is 0 Å². The Morgan fingerprint density at radius 2 is 1.61 bits per heavy atom. The van der Waals surface area contributed by atoms with Gasteiger partial charge in [-0.15, -0.1) is 0 Å². The van der Waals surface area contributed by atoms with Gasteiger partial charge < -0.3 is 9.47 Å². The highest BCUT2D eigenvalue weighted by atomic mass is 16.5. The van der Waals surface area contributed by atoms with Crippen LogP contribution in [-0.4, -0.2) is 29.5 Å². The van der Waals surface area contributed by atoms with E-state index >= 15 is 0 Å². The Labute approximate surface area is 181 Å². The summed E-state index contributed by atoms with van der Waals surface area (Å²) < 4.78 is 11.0. The molecule has 3 aromatic rings. The molecule has 160 valence electrons. The van der Waals surface area contributed by atoms with E-state index in [0.717, 1.165) is 17.0 Å². The van der Waals surface area contributed by atoms with Gasteiger partial charge in [0.25, 0.3) is 11.8 Å². The molecule has 0 radical (unpaired) electrons. The monoisotopic (exact) mass is 419 g/mol. The van der Waals surface area contributed by atoms with Crippen molar-refractivity contribution in [1.29, 1.82) is 0 Å². The average Bonchev–Trinajstić information content (AvgIpc) is 2.79. The minimum Gasteiger partial charge on any atom is -0.494 e. The SMILES string of the molecule is CCOc1ccc(OC(C)C(=O)NNC(=O)c2ccc(-c3ccccc3)nc2C)cc1. The van der Waals surface area contributed by atoms with Crippen LogP contribution in [0.4, 0.5) is 0 Å². The smallest absolute Gasteiger partial charge is 0.279 e. The third kappa shape index (κ3) is 5.82. The molecule has 1 unspecified atom stereocenters. The number of hydrazine groups is 1. The molecule has 0 aliphatic carbocycles. The largest absolute Gasteiger partial charge is 0.494 e. The lowest BCUT2D eigenvalue weighted by molar-refractivity contribution is -0.128. The molecule has 0 aliphatic rings. The molecule has 2 amide bonds. The van der Waals surface area contributed by atoms with Gasteiger partial charge in [0.2, 0.25) is 0 Å². The van der Waals surface area contributed by atoms with Crippen LogP contribution in [0.5, 0.6) is 11.5 Å². The molecule has 1 aromatic heterocycles. The van der Waals surface area contributed by atoms with E-state index in [1.807, 2.05) is 37.3 Å². The molecule has 31 heavy (non-hydrogen) atoms. The van der Waals surface area contributed by atoms with Gasteiger partial charge in [-0.3, -0.25) is 25.4 Å². The third-order valence-electron chi connectivity index (χ3n) is 4.52. The number of nitrogens with zero attached hydrogens (tertiary/aromatic N) is 1. The molecule has 0 bridgehead atoms. The molecule has 2 N–H and O–H groups in total. The summed E-state index contributed by atoms with van der Waals surface area (Å²) in [6.07, 6.45) is -0.807. The highest BCUT2D eigenvalue weighted by Crippen LogP contribution is 2.19. The molecule has 7 heteroatoms. The normalized spacial score (nSPS) is 11.3. The minimum atomic E-state index is -0.807. The lowest BCUT2D eigenvalue weighted by Crippen LogP contribution is -2.47. The quantitative estimate of drug-likeness (QED) is 0.570. The van der Waals surface area contributed by atoms with Crippen molar-refractivity contribution in [3.05, 3.63) is 78.0 Å². The average molecular weight is 419 g/mol. The zero-order chi connectivity index (χ0) is 22.2. The number of amides is 2. The second-order valence-corrected chi connectivity index (χ2v) is 6.80. The zero-order valence-corrected chi connectivity index (χ0v) is 17.7. The van der Waals surface area contributed by atoms with Gasteiger partial charge >= 0.3 is 0 Å². The highest BCUT2D eigenvalue weighted by Gasteiger charge is 2.17. The predicted octanol–water partition coefficient (Wildman–Crippen LogP) is 3.68. The summed E-state index contributed by atoms with van der Waals surface area (Å²) in [7, 11) is 0. The Morgan fingerprint density at radius 3 is 2.26 bits per heavy atom. The molecule has 0 spiro atoms. The highest BCUT2D eigenvalue weighted by molar-refractivity contribution is 5.96. The van der Waals surface area contributed by atoms with Gasteiger partial charge in [0.1, 0.15) is 11.5 Å². The van der Waals surface area contributed by atoms with Gasteiger partial charge in [0.15, 0.2) is 6.10 Å². The van der Waals surface area contributed by atoms with Crippen LogP contribution in [0.25, 0.3) is 11.3 Å². The van der Waals surface area contributed by atoms with Crippen LogP contribution in [-0.2, 0) is 4.79 Å². The molecule has 2 aromatic carbocycles. The van der Waals surface area contributed by atoms with Crippen molar-refractivity contribution in [1.82, 2.24) is 15.8 Å². The van der Waals surface area contributed by atoms with Crippen LogP contribution >= 0.6 is 0 Å². The maximum atomic E-state index is 12.5. The Hall–Kier alpha value is -3.87. The van der Waals surface area contributed by atoms with E-state index in [1.54, 1.807) is 50.2 Å². The van der Waals surface area contributed by atoms with E-state index in [1.165, 1.54) is 0 Å². The standard InChI is InChI=1S/C24H25N3O4/c1-4-30-19-10-12-20(13-11-19)31-17(3)23(28)26-27-24(29)21-14-15-22(25-16(21)2)18-8-6-5-7-9-18/h5-15,17H,4H2,1-3H3,(H,26,28)(H,27,29). The van der Waals surface area contributed by atoms with Gasteiger partial charge in [-0.1, -0.05) is 30.3 Å². The van der Waals surface area contributed by atoms with Crippen LogP contribution in [0, 0.1) is 6.92 Å². The summed E-state index contributed by atoms with van der Waals surface area (Å²) in [5.74, 6) is 0.315. The number of hydrogen-bond acceptors (Lipinski definition) is 5. The first-order valence-corrected chi connectivity index (χ1v) is 10.0. The number of carbonyl (C=O) groups is 2. The van der Waals surface area contributed by atoms with E-state index in [-0.39, 0.29) is 0 Å². The van der Waals surface area contributed by atoms with Crippen molar-refractivity contribution >= 4 is 11.8 Å². The van der Waals surface area contributed by atoms with Crippen LogP contribution in [0.15, 0.2) is 66.7 Å². The Kier molecular flexibility index (Phi) is 7.22. The van der Waals surface area contributed by atoms with E-state index < -0.39 is 17.9 Å². The molecule has 0 fully saturated rings. The minimum absolute atomic E-state index is 0.375. The molecule has 0 saturated heterocycles. The van der Waals surface area contributed by atoms with Gasteiger partial charge in [0, 0.05) is 5.56 Å². The Bertz CT molecular complexity index is 1040. The molecule has 1 heterocycles. The number of nitrogens with one attached hydrogen (secondary N) is 2. The maximum absolute atomic E-state index is 12.5. The first kappa shape index (κ1) is 21.8. The summed E-state index contributed by atoms with van der Waals surface area (Å²) >= 11 is 0. The van der Waals surface area contributed by atoms with Crippen LogP contribution in [0.1, 0.15) is 29.9 Å². The van der Waals surface area contributed by atoms with Crippen molar-refractivity contribution in [3.8, 4) is 22.8 Å². The zero-order valence-electron chi connectivity index (χ0n) is 17.7. The van der Waals surface area contributed by atoms with Crippen LogP contribution in [0.2, 0.25) is 0 Å². The third-order valence-corrected chi connectivity index (χ3v) is 4.52.